The van der Waals surface area contributed by atoms with E-state index in [1.54, 1.807) is 4.90 Å². The highest BCUT2D eigenvalue weighted by molar-refractivity contribution is 6.08. The molecule has 0 radical (unpaired) electrons. The van der Waals surface area contributed by atoms with Gasteiger partial charge in [0.25, 0.3) is 5.91 Å². The molecule has 1 aliphatic heterocycles. The third kappa shape index (κ3) is 3.72. The second-order valence-corrected chi connectivity index (χ2v) is 6.16. The third-order valence-corrected chi connectivity index (χ3v) is 4.48. The van der Waals surface area contributed by atoms with E-state index >= 15 is 0 Å². The summed E-state index contributed by atoms with van der Waals surface area (Å²) in [6.45, 7) is 2.64. The number of carbonyl (C=O) groups excluding carboxylic acids is 1. The van der Waals surface area contributed by atoms with E-state index in [1.807, 2.05) is 67.6 Å². The van der Waals surface area contributed by atoms with E-state index in [1.165, 1.54) is 6.20 Å². The van der Waals surface area contributed by atoms with Crippen LogP contribution < -0.4 is 10.2 Å². The van der Waals surface area contributed by atoms with E-state index in [-0.39, 0.29) is 17.5 Å². The number of hydrogen-bond acceptors (Lipinski definition) is 3. The number of aryl methyl sites for hydroxylation is 1. The van der Waals surface area contributed by atoms with Gasteiger partial charge in [-0.2, -0.15) is 5.26 Å². The predicted molar refractivity (Wildman–Crippen MR) is 98.8 cm³/mol. The summed E-state index contributed by atoms with van der Waals surface area (Å²) in [5, 5.41) is 12.6. The second kappa shape index (κ2) is 7.67. The zero-order chi connectivity index (χ0) is 17.6. The van der Waals surface area contributed by atoms with Crippen molar-refractivity contribution in [1.82, 2.24) is 5.32 Å². The minimum absolute atomic E-state index is 0.0194. The van der Waals surface area contributed by atoms with Gasteiger partial charge in [-0.05, 0) is 37.0 Å². The number of anilines is 1. The Bertz CT molecular complexity index is 821. The van der Waals surface area contributed by atoms with Crippen molar-refractivity contribution in [3.8, 4) is 6.07 Å². The topological polar surface area (TPSA) is 56.1 Å². The van der Waals surface area contributed by atoms with Crippen molar-refractivity contribution in [2.45, 2.75) is 25.8 Å². The zero-order valence-corrected chi connectivity index (χ0v) is 14.3. The van der Waals surface area contributed by atoms with Gasteiger partial charge in [-0.15, -0.1) is 0 Å². The van der Waals surface area contributed by atoms with Crippen LogP contribution in [0.2, 0.25) is 0 Å². The van der Waals surface area contributed by atoms with Gasteiger partial charge in [0, 0.05) is 24.5 Å². The average molecular weight is 331 g/mol. The van der Waals surface area contributed by atoms with E-state index in [4.69, 9.17) is 0 Å². The summed E-state index contributed by atoms with van der Waals surface area (Å²) in [7, 11) is 0. The molecule has 1 heterocycles. The smallest absolute Gasteiger partial charge is 0.270 e. The largest absolute Gasteiger partial charge is 0.383 e. The van der Waals surface area contributed by atoms with Gasteiger partial charge in [0.1, 0.15) is 11.6 Å². The molecule has 3 rings (SSSR count). The van der Waals surface area contributed by atoms with Gasteiger partial charge in [0.05, 0.1) is 0 Å². The fourth-order valence-electron chi connectivity index (χ4n) is 3.08. The maximum Gasteiger partial charge on any atom is 0.270 e. The van der Waals surface area contributed by atoms with Crippen LogP contribution in [0.3, 0.4) is 0 Å². The fourth-order valence-corrected chi connectivity index (χ4v) is 3.08. The number of fused-ring (bicyclic) bond motifs is 1. The van der Waals surface area contributed by atoms with Crippen molar-refractivity contribution < 1.29 is 4.79 Å². The Hall–Kier alpha value is -3.06. The fraction of sp³-hybridized carbons (Fsp3) is 0.238. The quantitative estimate of drug-likeness (QED) is 0.686. The molecule has 1 N–H and O–H groups in total. The first-order valence-corrected chi connectivity index (χ1v) is 8.51. The first-order valence-electron chi connectivity index (χ1n) is 8.51. The number of amides is 1. The van der Waals surface area contributed by atoms with Gasteiger partial charge in [-0.1, -0.05) is 48.5 Å². The Morgan fingerprint density at radius 2 is 1.92 bits per heavy atom. The second-order valence-electron chi connectivity index (χ2n) is 6.16. The van der Waals surface area contributed by atoms with E-state index in [2.05, 4.69) is 5.32 Å². The van der Waals surface area contributed by atoms with Crippen LogP contribution >= 0.6 is 0 Å². The zero-order valence-electron chi connectivity index (χ0n) is 14.3. The van der Waals surface area contributed by atoms with Gasteiger partial charge in [-0.25, -0.2) is 0 Å². The molecule has 0 saturated carbocycles. The van der Waals surface area contributed by atoms with Crippen molar-refractivity contribution >= 4 is 11.6 Å². The lowest BCUT2D eigenvalue weighted by atomic mass is 10.0. The Morgan fingerprint density at radius 3 is 2.68 bits per heavy atom. The summed E-state index contributed by atoms with van der Waals surface area (Å²) in [5.41, 5.74) is 3.30. The van der Waals surface area contributed by atoms with Gasteiger partial charge in [0.2, 0.25) is 0 Å². The van der Waals surface area contributed by atoms with Crippen LogP contribution in [0, 0.1) is 11.3 Å². The number of carbonyl (C=O) groups is 1. The standard InChI is InChI=1S/C21H21N3O/c1-16(17-8-3-2-4-9-17)23-15-19(14-22)21(25)24-13-7-11-18-10-5-6-12-20(18)24/h2-6,8-10,12,15-16,23H,7,11,13H2,1H3/b19-15-. The first kappa shape index (κ1) is 16.8. The molecule has 0 aromatic heterocycles. The molecule has 1 aliphatic rings. The van der Waals surface area contributed by atoms with Gasteiger partial charge < -0.3 is 10.2 Å². The number of para-hydroxylation sites is 1. The van der Waals surface area contributed by atoms with Gasteiger partial charge >= 0.3 is 0 Å². The lowest BCUT2D eigenvalue weighted by Gasteiger charge is -2.29. The molecule has 0 fully saturated rings. The summed E-state index contributed by atoms with van der Waals surface area (Å²) >= 11 is 0. The number of nitrogens with one attached hydrogen (secondary N) is 1. The maximum atomic E-state index is 12.8. The van der Waals surface area contributed by atoms with Crippen LogP contribution in [-0.2, 0) is 11.2 Å². The third-order valence-electron chi connectivity index (χ3n) is 4.48. The lowest BCUT2D eigenvalue weighted by Crippen LogP contribution is -2.36. The highest BCUT2D eigenvalue weighted by Gasteiger charge is 2.24. The van der Waals surface area contributed by atoms with E-state index in [0.29, 0.717) is 6.54 Å². The number of nitrogens with zero attached hydrogens (tertiary/aromatic N) is 2. The molecule has 0 aliphatic carbocycles. The highest BCUT2D eigenvalue weighted by Crippen LogP contribution is 2.27. The van der Waals surface area contributed by atoms with Crippen LogP contribution in [-0.4, -0.2) is 12.5 Å². The van der Waals surface area contributed by atoms with Gasteiger partial charge in [-0.3, -0.25) is 4.79 Å². The normalized spacial score (nSPS) is 15.0. The van der Waals surface area contributed by atoms with Crippen molar-refractivity contribution in [3.63, 3.8) is 0 Å². The molecule has 1 amide bonds. The van der Waals surface area contributed by atoms with Crippen LogP contribution in [0.4, 0.5) is 5.69 Å². The van der Waals surface area contributed by atoms with Crippen molar-refractivity contribution in [2.24, 2.45) is 0 Å². The summed E-state index contributed by atoms with van der Waals surface area (Å²) in [6, 6.07) is 19.9. The number of rotatable bonds is 4. The molecule has 4 heteroatoms. The molecule has 2 aromatic rings. The van der Waals surface area contributed by atoms with Crippen LogP contribution in [0.5, 0.6) is 0 Å². The van der Waals surface area contributed by atoms with Crippen molar-refractivity contribution in [3.05, 3.63) is 77.5 Å². The number of hydrogen-bond donors (Lipinski definition) is 1. The summed E-state index contributed by atoms with van der Waals surface area (Å²) < 4.78 is 0. The Kier molecular flexibility index (Phi) is 5.15. The van der Waals surface area contributed by atoms with Crippen molar-refractivity contribution in [1.29, 1.82) is 5.26 Å². The van der Waals surface area contributed by atoms with E-state index < -0.39 is 0 Å². The summed E-state index contributed by atoms with van der Waals surface area (Å²) in [4.78, 5) is 14.5. The Balaban J connectivity index is 1.77. The number of nitriles is 1. The lowest BCUT2D eigenvalue weighted by molar-refractivity contribution is -0.114. The monoisotopic (exact) mass is 331 g/mol. The van der Waals surface area contributed by atoms with Crippen LogP contribution in [0.1, 0.15) is 30.5 Å². The first-order chi connectivity index (χ1) is 12.2. The molecule has 2 aromatic carbocycles. The summed E-state index contributed by atoms with van der Waals surface area (Å²) in [6.07, 6.45) is 3.42. The van der Waals surface area contributed by atoms with Crippen LogP contribution in [0.25, 0.3) is 0 Å². The molecule has 1 atom stereocenters. The molecule has 0 spiro atoms. The molecule has 126 valence electrons. The predicted octanol–water partition coefficient (Wildman–Crippen LogP) is 3.72. The highest BCUT2D eigenvalue weighted by atomic mass is 16.2. The van der Waals surface area contributed by atoms with E-state index in [9.17, 15) is 10.1 Å². The molecular formula is C21H21N3O. The van der Waals surface area contributed by atoms with E-state index in [0.717, 1.165) is 29.7 Å². The molecule has 0 saturated heterocycles. The molecule has 0 bridgehead atoms. The SMILES string of the molecule is CC(N/C=C(/C#N)C(=O)N1CCCc2ccccc21)c1ccccc1. The number of benzene rings is 2. The minimum atomic E-state index is -0.248. The van der Waals surface area contributed by atoms with Crippen molar-refractivity contribution in [2.75, 3.05) is 11.4 Å². The molecular weight excluding hydrogens is 310 g/mol. The van der Waals surface area contributed by atoms with Gasteiger partial charge in [0.15, 0.2) is 0 Å². The molecule has 1 unspecified atom stereocenters. The Morgan fingerprint density at radius 1 is 1.20 bits per heavy atom. The maximum absolute atomic E-state index is 12.8. The van der Waals surface area contributed by atoms with Crippen LogP contribution in [0.15, 0.2) is 66.4 Å². The Labute approximate surface area is 148 Å². The molecule has 25 heavy (non-hydrogen) atoms. The summed E-state index contributed by atoms with van der Waals surface area (Å²) in [5.74, 6) is -0.248. The molecule has 4 nitrogen and oxygen atoms in total. The minimum Gasteiger partial charge on any atom is -0.383 e. The average Bonchev–Trinajstić information content (AvgIpc) is 2.68.